The molecule has 0 fully saturated rings. The van der Waals surface area contributed by atoms with Crippen LogP contribution in [0.15, 0.2) is 70.3 Å². The van der Waals surface area contributed by atoms with Gasteiger partial charge in [0.15, 0.2) is 5.84 Å². The normalized spacial score (nSPS) is 16.6. The van der Waals surface area contributed by atoms with Crippen molar-refractivity contribution in [3.05, 3.63) is 65.7 Å². The van der Waals surface area contributed by atoms with E-state index in [2.05, 4.69) is 10.1 Å². The number of nitrogens with zero attached hydrogens (tertiary/aromatic N) is 3. The summed E-state index contributed by atoms with van der Waals surface area (Å²) in [5.74, 6) is 1.32. The molecule has 0 saturated carbocycles. The highest BCUT2D eigenvalue weighted by Gasteiger charge is 2.36. The highest BCUT2D eigenvalue weighted by molar-refractivity contribution is 8.27. The highest BCUT2D eigenvalue weighted by atomic mass is 32.2. The lowest BCUT2D eigenvalue weighted by Crippen LogP contribution is -2.35. The summed E-state index contributed by atoms with van der Waals surface area (Å²) in [4.78, 5) is 16.6. The average molecular weight is 479 g/mol. The summed E-state index contributed by atoms with van der Waals surface area (Å²) >= 11 is 1.34. The number of hydrazone groups is 1. The third-order valence-electron chi connectivity index (χ3n) is 4.89. The standard InChI is InChI=1S/C25H26N4O4S/c1-17(2)24-28-29-22(26)21(23(30)27-25(29)34-24)16-18-8-10-20(11-9-18)33-15-13-31-12-14-32-19-6-4-3-5-7-19/h3-11,16-17,26H,12-15H2,1-2H3. The summed E-state index contributed by atoms with van der Waals surface area (Å²) in [6, 6.07) is 16.9. The van der Waals surface area contributed by atoms with Crippen LogP contribution in [0.1, 0.15) is 19.4 Å². The van der Waals surface area contributed by atoms with Crippen LogP contribution < -0.4 is 9.47 Å². The van der Waals surface area contributed by atoms with Crippen LogP contribution in [-0.2, 0) is 9.53 Å². The summed E-state index contributed by atoms with van der Waals surface area (Å²) in [6.45, 7) is 5.85. The predicted octanol–water partition coefficient (Wildman–Crippen LogP) is 4.44. The fourth-order valence-electron chi connectivity index (χ4n) is 3.12. The number of benzene rings is 2. The van der Waals surface area contributed by atoms with Gasteiger partial charge in [0, 0.05) is 5.92 Å². The molecule has 8 nitrogen and oxygen atoms in total. The van der Waals surface area contributed by atoms with E-state index in [0.29, 0.717) is 37.3 Å². The Balaban J connectivity index is 1.24. The van der Waals surface area contributed by atoms with Crippen LogP contribution in [-0.4, -0.2) is 53.4 Å². The van der Waals surface area contributed by atoms with Gasteiger partial charge >= 0.3 is 0 Å². The molecule has 2 aromatic carbocycles. The molecule has 176 valence electrons. The van der Waals surface area contributed by atoms with E-state index < -0.39 is 5.91 Å². The quantitative estimate of drug-likeness (QED) is 0.401. The van der Waals surface area contributed by atoms with Crippen LogP contribution >= 0.6 is 11.8 Å². The van der Waals surface area contributed by atoms with Gasteiger partial charge in [-0.25, -0.2) is 0 Å². The summed E-state index contributed by atoms with van der Waals surface area (Å²) in [5.41, 5.74) is 0.978. The number of rotatable bonds is 10. The first-order valence-electron chi connectivity index (χ1n) is 11.0. The van der Waals surface area contributed by atoms with Crippen molar-refractivity contribution < 1.29 is 19.0 Å². The fraction of sp³-hybridized carbons (Fsp3) is 0.280. The number of amides is 1. The molecule has 0 atom stereocenters. The topological polar surface area (TPSA) is 96.6 Å². The number of hydrogen-bond acceptors (Lipinski definition) is 7. The number of carbonyl (C=O) groups is 1. The van der Waals surface area contributed by atoms with E-state index in [1.54, 1.807) is 6.08 Å². The molecule has 4 rings (SSSR count). The summed E-state index contributed by atoms with van der Waals surface area (Å²) in [7, 11) is 0. The largest absolute Gasteiger partial charge is 0.491 e. The van der Waals surface area contributed by atoms with Crippen molar-refractivity contribution in [3.63, 3.8) is 0 Å². The molecule has 0 radical (unpaired) electrons. The summed E-state index contributed by atoms with van der Waals surface area (Å²) in [5, 5.41) is 15.6. The maximum absolute atomic E-state index is 12.5. The lowest BCUT2D eigenvalue weighted by atomic mass is 10.1. The van der Waals surface area contributed by atoms with Crippen molar-refractivity contribution in [2.75, 3.05) is 26.4 Å². The molecule has 0 bridgehead atoms. The zero-order valence-electron chi connectivity index (χ0n) is 19.1. The molecule has 0 aromatic heterocycles. The Morgan fingerprint density at radius 2 is 1.62 bits per heavy atom. The summed E-state index contributed by atoms with van der Waals surface area (Å²) < 4.78 is 16.8. The molecule has 1 amide bonds. The molecule has 0 aliphatic carbocycles. The summed E-state index contributed by atoms with van der Waals surface area (Å²) in [6.07, 6.45) is 1.65. The van der Waals surface area contributed by atoms with Gasteiger partial charge in [0.2, 0.25) is 5.17 Å². The maximum atomic E-state index is 12.5. The lowest BCUT2D eigenvalue weighted by molar-refractivity contribution is -0.114. The minimum atomic E-state index is -0.433. The number of thioether (sulfide) groups is 1. The maximum Gasteiger partial charge on any atom is 0.283 e. The van der Waals surface area contributed by atoms with Crippen LogP contribution in [0, 0.1) is 11.3 Å². The van der Waals surface area contributed by atoms with Gasteiger partial charge in [-0.05, 0) is 47.7 Å². The molecule has 2 aliphatic heterocycles. The molecule has 0 unspecified atom stereocenters. The van der Waals surface area contributed by atoms with Crippen LogP contribution in [0.2, 0.25) is 0 Å². The molecule has 2 heterocycles. The number of ether oxygens (including phenoxy) is 3. The van der Waals surface area contributed by atoms with Gasteiger partial charge in [0.05, 0.1) is 18.8 Å². The van der Waals surface area contributed by atoms with Crippen molar-refractivity contribution in [1.82, 2.24) is 5.01 Å². The minimum absolute atomic E-state index is 0.0341. The molecule has 2 aromatic rings. The second-order valence-corrected chi connectivity index (χ2v) is 8.79. The Morgan fingerprint density at radius 3 is 2.26 bits per heavy atom. The number of nitrogens with one attached hydrogen (secondary N) is 1. The predicted molar refractivity (Wildman–Crippen MR) is 135 cm³/mol. The molecule has 1 N–H and O–H groups in total. The van der Waals surface area contributed by atoms with Gasteiger partial charge in [0.1, 0.15) is 29.8 Å². The lowest BCUT2D eigenvalue weighted by Gasteiger charge is -2.20. The van der Waals surface area contributed by atoms with Crippen molar-refractivity contribution in [3.8, 4) is 11.5 Å². The molecule has 34 heavy (non-hydrogen) atoms. The second kappa shape index (κ2) is 11.1. The van der Waals surface area contributed by atoms with Gasteiger partial charge in [-0.1, -0.05) is 44.2 Å². The van der Waals surface area contributed by atoms with E-state index in [-0.39, 0.29) is 17.3 Å². The Morgan fingerprint density at radius 1 is 0.971 bits per heavy atom. The number of aliphatic imine (C=N–C) groups is 1. The fourth-order valence-corrected chi connectivity index (χ4v) is 4.02. The van der Waals surface area contributed by atoms with Crippen molar-refractivity contribution in [1.29, 1.82) is 5.41 Å². The number of carbonyl (C=O) groups excluding carboxylic acids is 1. The van der Waals surface area contributed by atoms with E-state index >= 15 is 0 Å². The second-order valence-electron chi connectivity index (χ2n) is 7.80. The van der Waals surface area contributed by atoms with E-state index in [0.717, 1.165) is 16.4 Å². The minimum Gasteiger partial charge on any atom is -0.491 e. The number of amidine groups is 2. The van der Waals surface area contributed by atoms with Crippen molar-refractivity contribution in [2.45, 2.75) is 13.8 Å². The van der Waals surface area contributed by atoms with Crippen LogP contribution in [0.3, 0.4) is 0 Å². The van der Waals surface area contributed by atoms with E-state index in [1.807, 2.05) is 68.4 Å². The third kappa shape index (κ3) is 5.92. The first-order valence-corrected chi connectivity index (χ1v) is 11.8. The molecule has 0 saturated heterocycles. The smallest absolute Gasteiger partial charge is 0.283 e. The highest BCUT2D eigenvalue weighted by Crippen LogP contribution is 2.30. The molecule has 9 heteroatoms. The SMILES string of the molecule is CC(C)C1=NN2C(=N)C(=Cc3ccc(OCCOCCOc4ccccc4)cc3)C(=O)N=C2S1. The zero-order chi connectivity index (χ0) is 23.9. The van der Waals surface area contributed by atoms with E-state index in [4.69, 9.17) is 19.6 Å². The van der Waals surface area contributed by atoms with Crippen LogP contribution in [0.4, 0.5) is 0 Å². The Kier molecular flexibility index (Phi) is 7.76. The Bertz CT molecular complexity index is 1130. The Hall–Kier alpha value is -3.43. The molecule has 2 aliphatic rings. The monoisotopic (exact) mass is 478 g/mol. The van der Waals surface area contributed by atoms with Crippen molar-refractivity contribution in [2.24, 2.45) is 16.0 Å². The van der Waals surface area contributed by atoms with Gasteiger partial charge in [-0.15, -0.1) is 0 Å². The van der Waals surface area contributed by atoms with Gasteiger partial charge in [-0.3, -0.25) is 10.2 Å². The first kappa shape index (κ1) is 23.7. The first-order chi connectivity index (χ1) is 16.5. The zero-order valence-corrected chi connectivity index (χ0v) is 19.9. The van der Waals surface area contributed by atoms with Crippen LogP contribution in [0.5, 0.6) is 11.5 Å². The van der Waals surface area contributed by atoms with Gasteiger partial charge < -0.3 is 14.2 Å². The van der Waals surface area contributed by atoms with E-state index in [1.165, 1.54) is 16.8 Å². The number of para-hydroxylation sites is 1. The number of hydrogen-bond donors (Lipinski definition) is 1. The van der Waals surface area contributed by atoms with Gasteiger partial charge in [0.25, 0.3) is 5.91 Å². The van der Waals surface area contributed by atoms with Crippen LogP contribution in [0.25, 0.3) is 6.08 Å². The number of fused-ring (bicyclic) bond motifs is 1. The molecular formula is C25H26N4O4S. The third-order valence-corrected chi connectivity index (χ3v) is 6.10. The Labute approximate surface area is 202 Å². The van der Waals surface area contributed by atoms with Crippen molar-refractivity contribution >= 4 is 39.8 Å². The average Bonchev–Trinajstić information content (AvgIpc) is 3.27. The van der Waals surface area contributed by atoms with E-state index in [9.17, 15) is 4.79 Å². The molecular weight excluding hydrogens is 452 g/mol. The molecule has 0 spiro atoms. The van der Waals surface area contributed by atoms with Gasteiger partial charge in [-0.2, -0.15) is 15.1 Å².